The van der Waals surface area contributed by atoms with Crippen molar-refractivity contribution < 1.29 is 9.46 Å². The second-order valence-corrected chi connectivity index (χ2v) is 6.44. The zero-order chi connectivity index (χ0) is 12.5. The average Bonchev–Trinajstić information content (AvgIpc) is 2.29. The lowest BCUT2D eigenvalue weighted by Gasteiger charge is -2.13. The van der Waals surface area contributed by atoms with Crippen molar-refractivity contribution in [1.29, 1.82) is 0 Å². The van der Waals surface area contributed by atoms with Crippen LogP contribution in [-0.2, 0) is 4.57 Å². The smallest absolute Gasteiger partial charge is 0.258 e. The van der Waals surface area contributed by atoms with Crippen molar-refractivity contribution in [2.75, 3.05) is 0 Å². The zero-order valence-corrected chi connectivity index (χ0v) is 10.8. The molecule has 0 saturated carbocycles. The van der Waals surface area contributed by atoms with Gasteiger partial charge < -0.3 is 4.89 Å². The van der Waals surface area contributed by atoms with Crippen LogP contribution in [0.25, 0.3) is 0 Å². The molecule has 0 unspecified atom stereocenters. The van der Waals surface area contributed by atoms with E-state index in [0.717, 1.165) is 11.1 Å². The summed E-state index contributed by atoms with van der Waals surface area (Å²) in [5.41, 5.74) is 1.98. The quantitative estimate of drug-likeness (QED) is 0.827. The van der Waals surface area contributed by atoms with E-state index in [-0.39, 0.29) is 0 Å². The second kappa shape index (κ2) is 4.48. The molecule has 2 nitrogen and oxygen atoms in total. The summed E-state index contributed by atoms with van der Waals surface area (Å²) < 4.78 is 12.5. The highest BCUT2D eigenvalue weighted by Gasteiger charge is 2.23. The molecule has 0 spiro atoms. The summed E-state index contributed by atoms with van der Waals surface area (Å²) in [7, 11) is -3.45. The number of aryl methyl sites for hydroxylation is 2. The van der Waals surface area contributed by atoms with Crippen molar-refractivity contribution in [1.82, 2.24) is 0 Å². The van der Waals surface area contributed by atoms with Gasteiger partial charge >= 0.3 is 0 Å². The number of hydrogen-bond donors (Lipinski definition) is 1. The molecule has 0 radical (unpaired) electrons. The molecule has 0 aliphatic rings. The summed E-state index contributed by atoms with van der Waals surface area (Å²) in [5, 5.41) is 0.978. The molecule has 0 amide bonds. The van der Waals surface area contributed by atoms with Gasteiger partial charge in [0.1, 0.15) is 0 Å². The van der Waals surface area contributed by atoms with Crippen LogP contribution >= 0.6 is 7.37 Å². The van der Waals surface area contributed by atoms with E-state index < -0.39 is 7.37 Å². The predicted octanol–water partition coefficient (Wildman–Crippen LogP) is 2.52. The summed E-state index contributed by atoms with van der Waals surface area (Å²) in [6.45, 7) is 3.83. The third kappa shape index (κ3) is 2.49. The highest BCUT2D eigenvalue weighted by Crippen LogP contribution is 2.38. The summed E-state index contributed by atoms with van der Waals surface area (Å²) in [4.78, 5) is 10.3. The predicted molar refractivity (Wildman–Crippen MR) is 71.5 cm³/mol. The van der Waals surface area contributed by atoms with Crippen LogP contribution in [0.5, 0.6) is 0 Å². The fourth-order valence-electron chi connectivity index (χ4n) is 1.78. The fourth-order valence-corrected chi connectivity index (χ4v) is 3.41. The minimum absolute atomic E-state index is 0.489. The highest BCUT2D eigenvalue weighted by atomic mass is 31.2. The summed E-state index contributed by atoms with van der Waals surface area (Å²) >= 11 is 0. The van der Waals surface area contributed by atoms with E-state index in [9.17, 15) is 9.46 Å². The van der Waals surface area contributed by atoms with Gasteiger partial charge in [0.05, 0.1) is 0 Å². The van der Waals surface area contributed by atoms with Gasteiger partial charge in [-0.15, -0.1) is 0 Å². The van der Waals surface area contributed by atoms with Gasteiger partial charge in [-0.2, -0.15) is 0 Å². The largest absolute Gasteiger partial charge is 0.338 e. The van der Waals surface area contributed by atoms with E-state index in [0.29, 0.717) is 10.6 Å². The van der Waals surface area contributed by atoms with Gasteiger partial charge in [0.2, 0.25) is 0 Å². The molecule has 0 aliphatic heterocycles. The molecule has 0 heterocycles. The Labute approximate surface area is 101 Å². The summed E-state index contributed by atoms with van der Waals surface area (Å²) in [5.74, 6) is 0. The van der Waals surface area contributed by atoms with Gasteiger partial charge in [-0.1, -0.05) is 35.4 Å². The van der Waals surface area contributed by atoms with Crippen LogP contribution < -0.4 is 10.6 Å². The van der Waals surface area contributed by atoms with Crippen molar-refractivity contribution in [3.05, 3.63) is 59.7 Å². The average molecular weight is 246 g/mol. The molecule has 3 heteroatoms. The first-order valence-electron chi connectivity index (χ1n) is 5.47. The van der Waals surface area contributed by atoms with E-state index in [2.05, 4.69) is 0 Å². The Morgan fingerprint density at radius 3 is 1.65 bits per heavy atom. The maximum Gasteiger partial charge on any atom is 0.258 e. The first-order valence-corrected chi connectivity index (χ1v) is 7.13. The van der Waals surface area contributed by atoms with Gasteiger partial charge in [0.25, 0.3) is 7.37 Å². The Kier molecular flexibility index (Phi) is 3.19. The molecule has 0 bridgehead atoms. The number of hydrogen-bond acceptors (Lipinski definition) is 1. The highest BCUT2D eigenvalue weighted by molar-refractivity contribution is 7.73. The van der Waals surface area contributed by atoms with Crippen molar-refractivity contribution in [3.8, 4) is 0 Å². The molecule has 2 rings (SSSR count). The number of benzene rings is 2. The third-order valence-corrected chi connectivity index (χ3v) is 4.66. The molecule has 0 fully saturated rings. The van der Waals surface area contributed by atoms with Crippen LogP contribution in [-0.4, -0.2) is 4.89 Å². The Bertz CT molecular complexity index is 541. The van der Waals surface area contributed by atoms with Gasteiger partial charge in [0.15, 0.2) is 0 Å². The molecule has 88 valence electrons. The summed E-state index contributed by atoms with van der Waals surface area (Å²) in [6, 6.07) is 14.4. The minimum atomic E-state index is -3.45. The van der Waals surface area contributed by atoms with Crippen molar-refractivity contribution in [3.63, 3.8) is 0 Å². The minimum Gasteiger partial charge on any atom is -0.338 e. The molecule has 2 aromatic rings. The molecular weight excluding hydrogens is 231 g/mol. The van der Waals surface area contributed by atoms with Crippen LogP contribution in [0.15, 0.2) is 48.5 Å². The summed E-state index contributed by atoms with van der Waals surface area (Å²) in [6.07, 6.45) is 0. The lowest BCUT2D eigenvalue weighted by Crippen LogP contribution is -2.15. The van der Waals surface area contributed by atoms with E-state index >= 15 is 0 Å². The zero-order valence-electron chi connectivity index (χ0n) is 9.92. The molecule has 0 atom stereocenters. The van der Waals surface area contributed by atoms with E-state index in [1.54, 1.807) is 24.3 Å². The van der Waals surface area contributed by atoms with Crippen LogP contribution in [0.2, 0.25) is 0 Å². The van der Waals surface area contributed by atoms with Crippen molar-refractivity contribution in [2.24, 2.45) is 0 Å². The Morgan fingerprint density at radius 2 is 1.29 bits per heavy atom. The monoisotopic (exact) mass is 246 g/mol. The Hall–Kier alpha value is -1.37. The molecule has 0 aromatic heterocycles. The molecule has 0 aliphatic carbocycles. The van der Waals surface area contributed by atoms with Gasteiger partial charge in [-0.3, -0.25) is 4.57 Å². The Balaban J connectivity index is 2.53. The fraction of sp³-hybridized carbons (Fsp3) is 0.143. The lowest BCUT2D eigenvalue weighted by atomic mass is 10.2. The molecule has 1 N–H and O–H groups in total. The van der Waals surface area contributed by atoms with Crippen LogP contribution in [0.3, 0.4) is 0 Å². The van der Waals surface area contributed by atoms with Gasteiger partial charge in [-0.05, 0) is 38.1 Å². The normalized spacial score (nSPS) is 11.5. The first-order chi connectivity index (χ1) is 8.00. The van der Waals surface area contributed by atoms with Crippen LogP contribution in [0.1, 0.15) is 11.1 Å². The maximum atomic E-state index is 12.5. The van der Waals surface area contributed by atoms with Crippen LogP contribution in [0, 0.1) is 13.8 Å². The standard InChI is InChI=1S/C14H15O2P/c1-11-5-3-7-13(9-11)17(15,16)14-8-4-6-12(2)10-14/h3-10H,1-2H3,(H,15,16). The van der Waals surface area contributed by atoms with Crippen LogP contribution in [0.4, 0.5) is 0 Å². The third-order valence-electron chi connectivity index (χ3n) is 2.70. The topological polar surface area (TPSA) is 37.3 Å². The molecular formula is C14H15O2P. The van der Waals surface area contributed by atoms with E-state index in [4.69, 9.17) is 0 Å². The van der Waals surface area contributed by atoms with Crippen molar-refractivity contribution >= 4 is 18.0 Å². The lowest BCUT2D eigenvalue weighted by molar-refractivity contribution is 0.501. The van der Waals surface area contributed by atoms with E-state index in [1.807, 2.05) is 38.1 Å². The molecule has 0 saturated heterocycles. The van der Waals surface area contributed by atoms with E-state index in [1.165, 1.54) is 0 Å². The molecule has 2 aromatic carbocycles. The second-order valence-electron chi connectivity index (χ2n) is 4.25. The van der Waals surface area contributed by atoms with Crippen molar-refractivity contribution in [2.45, 2.75) is 13.8 Å². The van der Waals surface area contributed by atoms with Gasteiger partial charge in [0, 0.05) is 10.6 Å². The molecule has 17 heavy (non-hydrogen) atoms. The van der Waals surface area contributed by atoms with Gasteiger partial charge in [-0.25, -0.2) is 0 Å². The Morgan fingerprint density at radius 1 is 0.882 bits per heavy atom. The maximum absolute atomic E-state index is 12.5. The SMILES string of the molecule is Cc1cccc(P(=O)(O)c2cccc(C)c2)c1. The first kappa shape index (κ1) is 12.1. The number of rotatable bonds is 2.